The summed E-state index contributed by atoms with van der Waals surface area (Å²) >= 11 is 2.96. The van der Waals surface area contributed by atoms with E-state index in [-0.39, 0.29) is 29.6 Å². The van der Waals surface area contributed by atoms with Gasteiger partial charge in [0.1, 0.15) is 0 Å². The number of halogens is 4. The van der Waals surface area contributed by atoms with Crippen LogP contribution in [-0.4, -0.2) is 17.6 Å². The van der Waals surface area contributed by atoms with Gasteiger partial charge in [-0.3, -0.25) is 4.79 Å². The first-order chi connectivity index (χ1) is 8.32. The number of alkyl halides is 3. The number of amides is 1. The Labute approximate surface area is 110 Å². The van der Waals surface area contributed by atoms with E-state index in [4.69, 9.17) is 5.11 Å². The minimum absolute atomic E-state index is 0.0599. The Balaban J connectivity index is 2.84. The summed E-state index contributed by atoms with van der Waals surface area (Å²) in [4.78, 5) is 11.3. The Bertz CT molecular complexity index is 435. The average molecular weight is 326 g/mol. The van der Waals surface area contributed by atoms with Gasteiger partial charge in [-0.25, -0.2) is 0 Å². The molecule has 0 heterocycles. The molecule has 18 heavy (non-hydrogen) atoms. The van der Waals surface area contributed by atoms with Gasteiger partial charge in [-0.2, -0.15) is 13.2 Å². The zero-order valence-electron chi connectivity index (χ0n) is 9.22. The molecule has 0 spiro atoms. The number of anilines is 1. The molecule has 1 rings (SSSR count). The van der Waals surface area contributed by atoms with Crippen LogP contribution in [0.5, 0.6) is 0 Å². The summed E-state index contributed by atoms with van der Waals surface area (Å²) in [5.41, 5.74) is -0.769. The maximum atomic E-state index is 12.5. The largest absolute Gasteiger partial charge is 0.416 e. The predicted molar refractivity (Wildman–Crippen MR) is 64.1 cm³/mol. The summed E-state index contributed by atoms with van der Waals surface area (Å²) in [6.45, 7) is -0.139. The summed E-state index contributed by atoms with van der Waals surface area (Å²) < 4.78 is 37.8. The van der Waals surface area contributed by atoms with Crippen molar-refractivity contribution in [3.63, 3.8) is 0 Å². The number of carbonyl (C=O) groups is 1. The van der Waals surface area contributed by atoms with E-state index in [9.17, 15) is 18.0 Å². The summed E-state index contributed by atoms with van der Waals surface area (Å²) in [5.74, 6) is -0.435. The number of rotatable bonds is 4. The molecule has 0 atom stereocenters. The molecule has 7 heteroatoms. The van der Waals surface area contributed by atoms with Crippen LogP contribution in [0.1, 0.15) is 18.4 Å². The molecule has 0 aliphatic carbocycles. The smallest absolute Gasteiger partial charge is 0.396 e. The SMILES string of the molecule is O=C(CCCO)Nc1cc(Br)cc(C(F)(F)F)c1. The second-order valence-corrected chi connectivity index (χ2v) is 4.52. The third-order valence-electron chi connectivity index (χ3n) is 2.07. The molecule has 1 amide bonds. The number of hydrogen-bond acceptors (Lipinski definition) is 2. The van der Waals surface area contributed by atoms with Gasteiger partial charge >= 0.3 is 6.18 Å². The lowest BCUT2D eigenvalue weighted by molar-refractivity contribution is -0.137. The number of hydrogen-bond donors (Lipinski definition) is 2. The third kappa shape index (κ3) is 4.66. The van der Waals surface area contributed by atoms with Gasteiger partial charge in [0.25, 0.3) is 0 Å². The van der Waals surface area contributed by atoms with Crippen molar-refractivity contribution in [2.45, 2.75) is 19.0 Å². The van der Waals surface area contributed by atoms with E-state index in [1.165, 1.54) is 6.07 Å². The summed E-state index contributed by atoms with van der Waals surface area (Å²) in [6.07, 6.45) is -4.13. The zero-order valence-corrected chi connectivity index (χ0v) is 10.8. The van der Waals surface area contributed by atoms with Crippen molar-refractivity contribution < 1.29 is 23.1 Å². The first-order valence-electron chi connectivity index (χ1n) is 5.11. The highest BCUT2D eigenvalue weighted by Gasteiger charge is 2.31. The molecule has 2 N–H and O–H groups in total. The molecule has 1 aromatic carbocycles. The van der Waals surface area contributed by atoms with Gasteiger partial charge in [0.15, 0.2) is 0 Å². The standard InChI is InChI=1S/C11H11BrF3NO2/c12-8-4-7(11(13,14)15)5-9(6-8)16-10(18)2-1-3-17/h4-6,17H,1-3H2,(H,16,18). The van der Waals surface area contributed by atoms with Crippen LogP contribution in [-0.2, 0) is 11.0 Å². The fourth-order valence-electron chi connectivity index (χ4n) is 1.29. The molecule has 0 saturated carbocycles. The normalized spacial score (nSPS) is 11.4. The number of aliphatic hydroxyl groups is 1. The van der Waals surface area contributed by atoms with Crippen molar-refractivity contribution in [3.8, 4) is 0 Å². The quantitative estimate of drug-likeness (QED) is 0.893. The number of carbonyl (C=O) groups excluding carboxylic acids is 1. The lowest BCUT2D eigenvalue weighted by Crippen LogP contribution is -2.13. The molecule has 0 radical (unpaired) electrons. The average Bonchev–Trinajstić information content (AvgIpc) is 2.24. The van der Waals surface area contributed by atoms with Gasteiger partial charge in [0.2, 0.25) is 5.91 Å². The Morgan fingerprint density at radius 3 is 2.56 bits per heavy atom. The monoisotopic (exact) mass is 325 g/mol. The Hall–Kier alpha value is -1.08. The van der Waals surface area contributed by atoms with Crippen LogP contribution in [0.4, 0.5) is 18.9 Å². The van der Waals surface area contributed by atoms with Crippen molar-refractivity contribution in [3.05, 3.63) is 28.2 Å². The molecular formula is C11H11BrF3NO2. The molecule has 3 nitrogen and oxygen atoms in total. The van der Waals surface area contributed by atoms with E-state index in [2.05, 4.69) is 21.2 Å². The van der Waals surface area contributed by atoms with Crippen LogP contribution in [0, 0.1) is 0 Å². The number of benzene rings is 1. The van der Waals surface area contributed by atoms with Crippen molar-refractivity contribution in [2.24, 2.45) is 0 Å². The second-order valence-electron chi connectivity index (χ2n) is 3.60. The highest BCUT2D eigenvalue weighted by Crippen LogP contribution is 2.33. The maximum Gasteiger partial charge on any atom is 0.416 e. The summed E-state index contributed by atoms with van der Waals surface area (Å²) in [6, 6.07) is 3.18. The van der Waals surface area contributed by atoms with Crippen LogP contribution in [0.15, 0.2) is 22.7 Å². The molecule has 0 aliphatic heterocycles. The molecule has 0 aromatic heterocycles. The first-order valence-corrected chi connectivity index (χ1v) is 5.90. The van der Waals surface area contributed by atoms with E-state index < -0.39 is 17.6 Å². The van der Waals surface area contributed by atoms with Crippen molar-refractivity contribution in [1.29, 1.82) is 0 Å². The molecule has 0 aliphatic rings. The first kappa shape index (κ1) is 15.0. The Morgan fingerprint density at radius 2 is 2.00 bits per heavy atom. The predicted octanol–water partition coefficient (Wildman–Crippen LogP) is 3.18. The highest BCUT2D eigenvalue weighted by atomic mass is 79.9. The molecule has 1 aromatic rings. The van der Waals surface area contributed by atoms with Crippen molar-refractivity contribution in [2.75, 3.05) is 11.9 Å². The molecule has 0 saturated heterocycles. The van der Waals surface area contributed by atoms with Crippen molar-refractivity contribution in [1.82, 2.24) is 0 Å². The third-order valence-corrected chi connectivity index (χ3v) is 2.53. The van der Waals surface area contributed by atoms with Gasteiger partial charge in [-0.15, -0.1) is 0 Å². The molecular weight excluding hydrogens is 315 g/mol. The van der Waals surface area contributed by atoms with Crippen LogP contribution in [0.25, 0.3) is 0 Å². The van der Waals surface area contributed by atoms with Crippen LogP contribution < -0.4 is 5.32 Å². The van der Waals surface area contributed by atoms with E-state index in [1.807, 2.05) is 0 Å². The summed E-state index contributed by atoms with van der Waals surface area (Å²) in [5, 5.41) is 10.9. The maximum absolute atomic E-state index is 12.5. The molecule has 100 valence electrons. The fraction of sp³-hybridized carbons (Fsp3) is 0.364. The molecule has 0 bridgehead atoms. The number of nitrogens with one attached hydrogen (secondary N) is 1. The van der Waals surface area contributed by atoms with Crippen LogP contribution in [0.3, 0.4) is 0 Å². The summed E-state index contributed by atoms with van der Waals surface area (Å²) in [7, 11) is 0. The molecule has 0 fully saturated rings. The van der Waals surface area contributed by atoms with E-state index >= 15 is 0 Å². The van der Waals surface area contributed by atoms with E-state index in [1.54, 1.807) is 0 Å². The number of aliphatic hydroxyl groups excluding tert-OH is 1. The van der Waals surface area contributed by atoms with Gasteiger partial charge in [-0.05, 0) is 24.6 Å². The minimum Gasteiger partial charge on any atom is -0.396 e. The lowest BCUT2D eigenvalue weighted by Gasteiger charge is -2.11. The van der Waals surface area contributed by atoms with Gasteiger partial charge < -0.3 is 10.4 Å². The van der Waals surface area contributed by atoms with E-state index in [0.29, 0.717) is 0 Å². The van der Waals surface area contributed by atoms with Crippen LogP contribution >= 0.6 is 15.9 Å². The Kier molecular flexibility index (Phi) is 5.15. The van der Waals surface area contributed by atoms with E-state index in [0.717, 1.165) is 12.1 Å². The second kappa shape index (κ2) is 6.19. The topological polar surface area (TPSA) is 49.3 Å². The molecule has 0 unspecified atom stereocenters. The lowest BCUT2D eigenvalue weighted by atomic mass is 10.2. The van der Waals surface area contributed by atoms with Crippen molar-refractivity contribution >= 4 is 27.5 Å². The van der Waals surface area contributed by atoms with Gasteiger partial charge in [0, 0.05) is 23.2 Å². The minimum atomic E-state index is -4.46. The Morgan fingerprint density at radius 1 is 1.33 bits per heavy atom. The zero-order chi connectivity index (χ0) is 13.8. The fourth-order valence-corrected chi connectivity index (χ4v) is 1.78. The van der Waals surface area contributed by atoms with Gasteiger partial charge in [0.05, 0.1) is 5.56 Å². The highest BCUT2D eigenvalue weighted by molar-refractivity contribution is 9.10. The van der Waals surface area contributed by atoms with Gasteiger partial charge in [-0.1, -0.05) is 15.9 Å². The van der Waals surface area contributed by atoms with Crippen LogP contribution in [0.2, 0.25) is 0 Å².